The van der Waals surface area contributed by atoms with Gasteiger partial charge in [-0.15, -0.1) is 0 Å². The highest BCUT2D eigenvalue weighted by molar-refractivity contribution is 5.78. The molecule has 140 valence electrons. The minimum absolute atomic E-state index is 0.0403. The van der Waals surface area contributed by atoms with Crippen molar-refractivity contribution in [2.24, 2.45) is 0 Å². The van der Waals surface area contributed by atoms with Crippen LogP contribution in [-0.4, -0.2) is 51.6 Å². The molecule has 3 atom stereocenters. The zero-order valence-corrected chi connectivity index (χ0v) is 13.8. The third-order valence-corrected chi connectivity index (χ3v) is 4.08. The summed E-state index contributed by atoms with van der Waals surface area (Å²) in [5, 5.41) is 2.63. The zero-order chi connectivity index (χ0) is 19.1. The van der Waals surface area contributed by atoms with E-state index in [2.05, 4.69) is 20.3 Å². The van der Waals surface area contributed by atoms with Crippen LogP contribution in [0.3, 0.4) is 0 Å². The quantitative estimate of drug-likeness (QED) is 0.665. The number of esters is 2. The van der Waals surface area contributed by atoms with Gasteiger partial charge in [-0.25, -0.2) is 13.8 Å². The van der Waals surface area contributed by atoms with E-state index in [1.54, 1.807) is 0 Å². The Labute approximate surface area is 145 Å². The molecule has 0 aliphatic carbocycles. The van der Waals surface area contributed by atoms with Gasteiger partial charge in [0.05, 0.1) is 12.4 Å². The number of carbonyl (C=O) groups is 2. The molecule has 1 saturated heterocycles. The first-order chi connectivity index (χ1) is 12.2. The molecule has 1 aliphatic heterocycles. The Kier molecular flexibility index (Phi) is 4.48. The van der Waals surface area contributed by atoms with Crippen LogP contribution in [0.25, 0.3) is 11.0 Å². The fraction of sp³-hybridized carbons (Fsp3) is 0.467. The topological polar surface area (TPSA) is 126 Å². The van der Waals surface area contributed by atoms with Gasteiger partial charge in [0.1, 0.15) is 23.7 Å². The standard InChI is InChI=1S/C15H16F2N4O5/c1-6(22)25-4-9-13(26-7(2)23)15(16,17)12(21-9)8-3-18-11-10(8)19-5-20-14(11)24/h3,5,9,12-13,18,21H,4H2,1-2H3,(H,19,20,24)/t9-,12+,13-/m1/s1. The van der Waals surface area contributed by atoms with Gasteiger partial charge in [-0.1, -0.05) is 0 Å². The van der Waals surface area contributed by atoms with Crippen molar-refractivity contribution in [2.45, 2.75) is 38.0 Å². The van der Waals surface area contributed by atoms with Crippen molar-refractivity contribution >= 4 is 23.0 Å². The maximum absolute atomic E-state index is 15.0. The van der Waals surface area contributed by atoms with E-state index in [4.69, 9.17) is 9.47 Å². The third kappa shape index (κ3) is 3.05. The highest BCUT2D eigenvalue weighted by Gasteiger charge is 2.60. The van der Waals surface area contributed by atoms with Crippen LogP contribution in [0, 0.1) is 0 Å². The number of H-pyrrole nitrogens is 2. The summed E-state index contributed by atoms with van der Waals surface area (Å²) in [4.78, 5) is 42.9. The molecule has 2 aromatic heterocycles. The van der Waals surface area contributed by atoms with Gasteiger partial charge in [0.15, 0.2) is 6.10 Å². The second-order valence-corrected chi connectivity index (χ2v) is 5.91. The molecule has 0 spiro atoms. The lowest BCUT2D eigenvalue weighted by atomic mass is 10.0. The number of carbonyl (C=O) groups excluding carboxylic acids is 2. The van der Waals surface area contributed by atoms with Gasteiger partial charge in [0.25, 0.3) is 5.56 Å². The van der Waals surface area contributed by atoms with Crippen LogP contribution in [0.2, 0.25) is 0 Å². The first kappa shape index (κ1) is 18.0. The summed E-state index contributed by atoms with van der Waals surface area (Å²) in [7, 11) is 0. The molecule has 0 saturated carbocycles. The van der Waals surface area contributed by atoms with Gasteiger partial charge < -0.3 is 19.4 Å². The van der Waals surface area contributed by atoms with E-state index in [0.29, 0.717) is 0 Å². The first-order valence-electron chi connectivity index (χ1n) is 7.71. The number of ether oxygens (including phenoxy) is 2. The molecule has 11 heteroatoms. The maximum atomic E-state index is 15.0. The van der Waals surface area contributed by atoms with E-state index in [1.807, 2.05) is 0 Å². The minimum Gasteiger partial charge on any atom is -0.464 e. The largest absolute Gasteiger partial charge is 0.464 e. The molecule has 3 heterocycles. The Balaban J connectivity index is 2.00. The molecule has 3 rings (SSSR count). The Morgan fingerprint density at radius 3 is 2.65 bits per heavy atom. The summed E-state index contributed by atoms with van der Waals surface area (Å²) in [6.45, 7) is 1.75. The molecule has 0 bridgehead atoms. The lowest BCUT2D eigenvalue weighted by molar-refractivity contribution is -0.170. The first-order valence-corrected chi connectivity index (χ1v) is 7.71. The Morgan fingerprint density at radius 1 is 1.27 bits per heavy atom. The number of fused-ring (bicyclic) bond motifs is 1. The van der Waals surface area contributed by atoms with Crippen LogP contribution in [0.15, 0.2) is 17.3 Å². The van der Waals surface area contributed by atoms with Crippen LogP contribution in [0.5, 0.6) is 0 Å². The Morgan fingerprint density at radius 2 is 2.00 bits per heavy atom. The molecule has 26 heavy (non-hydrogen) atoms. The average Bonchev–Trinajstić information content (AvgIpc) is 3.06. The summed E-state index contributed by atoms with van der Waals surface area (Å²) in [5.41, 5.74) is -0.345. The van der Waals surface area contributed by atoms with E-state index >= 15 is 0 Å². The molecule has 1 fully saturated rings. The van der Waals surface area contributed by atoms with Crippen molar-refractivity contribution in [3.8, 4) is 0 Å². The number of nitrogens with one attached hydrogen (secondary N) is 3. The minimum atomic E-state index is -3.53. The monoisotopic (exact) mass is 370 g/mol. The van der Waals surface area contributed by atoms with Crippen LogP contribution in [0.4, 0.5) is 8.78 Å². The third-order valence-electron chi connectivity index (χ3n) is 4.08. The van der Waals surface area contributed by atoms with Crippen molar-refractivity contribution < 1.29 is 27.8 Å². The lowest BCUT2D eigenvalue weighted by Gasteiger charge is -2.24. The second-order valence-electron chi connectivity index (χ2n) is 5.91. The SMILES string of the molecule is CC(=O)OC[C@H]1N[C@@H](c2c[nH]c3c(=O)[nH]cnc23)C(F)(F)[C@@H]1OC(C)=O. The molecule has 0 amide bonds. The van der Waals surface area contributed by atoms with Crippen LogP contribution in [-0.2, 0) is 19.1 Å². The van der Waals surface area contributed by atoms with Gasteiger partial charge in [-0.3, -0.25) is 19.7 Å². The highest BCUT2D eigenvalue weighted by Crippen LogP contribution is 2.44. The number of aromatic amines is 2. The summed E-state index contributed by atoms with van der Waals surface area (Å²) in [5.74, 6) is -5.07. The van der Waals surface area contributed by atoms with Crippen LogP contribution >= 0.6 is 0 Å². The smallest absolute Gasteiger partial charge is 0.305 e. The van der Waals surface area contributed by atoms with E-state index in [9.17, 15) is 23.2 Å². The number of nitrogens with zero attached hydrogens (tertiary/aromatic N) is 1. The summed E-state index contributed by atoms with van der Waals surface area (Å²) in [6.07, 6.45) is 0.503. The van der Waals surface area contributed by atoms with Gasteiger partial charge in [0.2, 0.25) is 0 Å². The molecule has 2 aromatic rings. The Hall–Kier alpha value is -2.82. The van der Waals surface area contributed by atoms with Crippen molar-refractivity contribution in [3.63, 3.8) is 0 Å². The second kappa shape index (κ2) is 6.48. The number of aromatic nitrogens is 3. The predicted octanol–water partition coefficient (Wildman–Crippen LogP) is 0.394. The molecule has 0 unspecified atom stereocenters. The molecule has 0 aromatic carbocycles. The summed E-state index contributed by atoms with van der Waals surface area (Å²) >= 11 is 0. The van der Waals surface area contributed by atoms with Crippen molar-refractivity contribution in [1.82, 2.24) is 20.3 Å². The molecule has 3 N–H and O–H groups in total. The molecule has 1 aliphatic rings. The van der Waals surface area contributed by atoms with Gasteiger partial charge in [-0.2, -0.15) is 0 Å². The van der Waals surface area contributed by atoms with Gasteiger partial charge >= 0.3 is 17.9 Å². The lowest BCUT2D eigenvalue weighted by Crippen LogP contribution is -2.43. The average molecular weight is 370 g/mol. The number of hydrogen-bond acceptors (Lipinski definition) is 7. The van der Waals surface area contributed by atoms with Crippen molar-refractivity contribution in [1.29, 1.82) is 0 Å². The van der Waals surface area contributed by atoms with Crippen LogP contribution in [0.1, 0.15) is 25.5 Å². The van der Waals surface area contributed by atoms with E-state index in [-0.39, 0.29) is 16.6 Å². The maximum Gasteiger partial charge on any atom is 0.305 e. The van der Waals surface area contributed by atoms with Crippen molar-refractivity contribution in [2.75, 3.05) is 6.61 Å². The number of hydrogen-bond donors (Lipinski definition) is 3. The van der Waals surface area contributed by atoms with Crippen LogP contribution < -0.4 is 10.9 Å². The molecule has 9 nitrogen and oxygen atoms in total. The normalized spacial score (nSPS) is 24.5. The fourth-order valence-corrected chi connectivity index (χ4v) is 3.02. The molecular weight excluding hydrogens is 354 g/mol. The highest BCUT2D eigenvalue weighted by atomic mass is 19.3. The Bertz CT molecular complexity index is 909. The van der Waals surface area contributed by atoms with Gasteiger partial charge in [-0.05, 0) is 0 Å². The number of alkyl halides is 2. The predicted molar refractivity (Wildman–Crippen MR) is 83.5 cm³/mol. The summed E-state index contributed by atoms with van der Waals surface area (Å²) in [6, 6.07) is -2.73. The number of halogens is 2. The molecule has 0 radical (unpaired) electrons. The number of rotatable bonds is 4. The molecular formula is C15H16F2N4O5. The van der Waals surface area contributed by atoms with E-state index in [1.165, 1.54) is 6.20 Å². The summed E-state index contributed by atoms with van der Waals surface area (Å²) < 4.78 is 39.6. The van der Waals surface area contributed by atoms with E-state index < -0.39 is 48.2 Å². The zero-order valence-electron chi connectivity index (χ0n) is 13.8. The van der Waals surface area contributed by atoms with Crippen molar-refractivity contribution in [3.05, 3.63) is 28.4 Å². The van der Waals surface area contributed by atoms with E-state index in [0.717, 1.165) is 20.2 Å². The van der Waals surface area contributed by atoms with Gasteiger partial charge in [0, 0.05) is 25.6 Å². The fourth-order valence-electron chi connectivity index (χ4n) is 3.02.